The number of nitriles is 1. The van der Waals surface area contributed by atoms with E-state index in [0.29, 0.717) is 0 Å². The van der Waals surface area contributed by atoms with Crippen LogP contribution in [0.4, 0.5) is 0 Å². The molecule has 0 aromatic rings. The highest BCUT2D eigenvalue weighted by molar-refractivity contribution is 6.05. The maximum absolute atomic E-state index is 12.1. The van der Waals surface area contributed by atoms with E-state index in [1.807, 2.05) is 0 Å². The summed E-state index contributed by atoms with van der Waals surface area (Å²) in [6.07, 6.45) is 3.74. The van der Waals surface area contributed by atoms with Crippen LogP contribution >= 0.6 is 0 Å². The minimum absolute atomic E-state index is 0.0528. The number of likely N-dealkylation sites (tertiary alicyclic amines) is 1. The molecule has 2 amide bonds. The van der Waals surface area contributed by atoms with Crippen molar-refractivity contribution in [1.29, 1.82) is 5.26 Å². The van der Waals surface area contributed by atoms with Gasteiger partial charge in [-0.2, -0.15) is 5.26 Å². The molecule has 2 atom stereocenters. The Morgan fingerprint density at radius 1 is 1.24 bits per heavy atom. The number of carbonyl (C=O) groups is 2. The molecule has 4 heteroatoms. The van der Waals surface area contributed by atoms with Crippen LogP contribution in [0.3, 0.4) is 0 Å². The van der Waals surface area contributed by atoms with E-state index in [4.69, 9.17) is 5.26 Å². The Balaban J connectivity index is 2.17. The van der Waals surface area contributed by atoms with Crippen LogP contribution in [0.5, 0.6) is 0 Å². The Hall–Kier alpha value is -1.37. The summed E-state index contributed by atoms with van der Waals surface area (Å²) in [6.45, 7) is 3.75. The van der Waals surface area contributed by atoms with Crippen LogP contribution in [-0.4, -0.2) is 23.3 Å². The third-order valence-corrected chi connectivity index (χ3v) is 3.79. The van der Waals surface area contributed by atoms with Gasteiger partial charge in [-0.25, -0.2) is 0 Å². The van der Waals surface area contributed by atoms with E-state index in [2.05, 4.69) is 6.07 Å². The quantitative estimate of drug-likeness (QED) is 0.683. The van der Waals surface area contributed by atoms with Crippen LogP contribution in [0.1, 0.15) is 39.5 Å². The lowest BCUT2D eigenvalue weighted by Crippen LogP contribution is -2.38. The molecule has 4 nitrogen and oxygen atoms in total. The lowest BCUT2D eigenvalue weighted by Gasteiger charge is -2.22. The molecule has 0 bridgehead atoms. The second-order valence-electron chi connectivity index (χ2n) is 5.76. The van der Waals surface area contributed by atoms with Gasteiger partial charge in [-0.05, 0) is 26.7 Å². The molecule has 0 N–H and O–H groups in total. The first-order chi connectivity index (χ1) is 7.96. The molecule has 17 heavy (non-hydrogen) atoms. The first-order valence-corrected chi connectivity index (χ1v) is 6.23. The standard InChI is InChI=1S/C13H18N2O2/c1-13(2,7-14)8-15-11(16)9-5-3-4-6-10(9)12(15)17/h9-10H,3-6,8H2,1-2H3. The third-order valence-electron chi connectivity index (χ3n) is 3.79. The summed E-state index contributed by atoms with van der Waals surface area (Å²) >= 11 is 0. The molecule has 0 radical (unpaired) electrons. The maximum atomic E-state index is 12.1. The van der Waals surface area contributed by atoms with Crippen molar-refractivity contribution in [3.05, 3.63) is 0 Å². The van der Waals surface area contributed by atoms with Crippen molar-refractivity contribution >= 4 is 11.8 Å². The summed E-state index contributed by atoms with van der Waals surface area (Å²) in [5.74, 6) is -0.317. The Kier molecular flexibility index (Phi) is 2.94. The Morgan fingerprint density at radius 3 is 2.12 bits per heavy atom. The fourth-order valence-electron chi connectivity index (χ4n) is 2.82. The Bertz CT molecular complexity index is 371. The molecule has 2 rings (SSSR count). The van der Waals surface area contributed by atoms with Gasteiger partial charge in [0.05, 0.1) is 23.3 Å². The molecule has 1 saturated heterocycles. The van der Waals surface area contributed by atoms with Crippen molar-refractivity contribution in [3.8, 4) is 6.07 Å². The van der Waals surface area contributed by atoms with Gasteiger partial charge in [0, 0.05) is 6.54 Å². The smallest absolute Gasteiger partial charge is 0.233 e. The molecular formula is C13H18N2O2. The van der Waals surface area contributed by atoms with E-state index in [1.165, 1.54) is 4.90 Å². The molecule has 1 aliphatic carbocycles. The molecule has 0 spiro atoms. The monoisotopic (exact) mass is 234 g/mol. The highest BCUT2D eigenvalue weighted by Gasteiger charge is 2.49. The van der Waals surface area contributed by atoms with Crippen molar-refractivity contribution in [3.63, 3.8) is 0 Å². The van der Waals surface area contributed by atoms with Crippen LogP contribution < -0.4 is 0 Å². The first-order valence-electron chi connectivity index (χ1n) is 6.23. The molecule has 2 aliphatic rings. The fraction of sp³-hybridized carbons (Fsp3) is 0.769. The molecule has 92 valence electrons. The Labute approximate surface area is 102 Å². The van der Waals surface area contributed by atoms with Crippen molar-refractivity contribution in [2.75, 3.05) is 6.54 Å². The van der Waals surface area contributed by atoms with Gasteiger partial charge in [-0.1, -0.05) is 12.8 Å². The van der Waals surface area contributed by atoms with Crippen LogP contribution in [0, 0.1) is 28.6 Å². The summed E-state index contributed by atoms with van der Waals surface area (Å²) in [4.78, 5) is 25.6. The first kappa shape index (κ1) is 12.1. The second kappa shape index (κ2) is 4.14. The molecular weight excluding hydrogens is 216 g/mol. The molecule has 2 fully saturated rings. The summed E-state index contributed by atoms with van der Waals surface area (Å²) in [5, 5.41) is 8.99. The number of nitrogens with zero attached hydrogens (tertiary/aromatic N) is 2. The number of hydrogen-bond acceptors (Lipinski definition) is 3. The summed E-state index contributed by atoms with van der Waals surface area (Å²) in [7, 11) is 0. The topological polar surface area (TPSA) is 61.2 Å². The average Bonchev–Trinajstić information content (AvgIpc) is 2.55. The van der Waals surface area contributed by atoms with Gasteiger partial charge in [-0.3, -0.25) is 14.5 Å². The number of amides is 2. The van der Waals surface area contributed by atoms with Crippen molar-refractivity contribution in [2.24, 2.45) is 17.3 Å². The summed E-state index contributed by atoms with van der Waals surface area (Å²) < 4.78 is 0. The predicted molar refractivity (Wildman–Crippen MR) is 61.6 cm³/mol. The zero-order valence-corrected chi connectivity index (χ0v) is 10.4. The van der Waals surface area contributed by atoms with Crippen LogP contribution in [0.2, 0.25) is 0 Å². The number of imide groups is 1. The highest BCUT2D eigenvalue weighted by Crippen LogP contribution is 2.38. The van der Waals surface area contributed by atoms with Crippen LogP contribution in [-0.2, 0) is 9.59 Å². The minimum Gasteiger partial charge on any atom is -0.281 e. The lowest BCUT2D eigenvalue weighted by molar-refractivity contribution is -0.141. The highest BCUT2D eigenvalue weighted by atomic mass is 16.2. The second-order valence-corrected chi connectivity index (χ2v) is 5.76. The summed E-state index contributed by atoms with van der Waals surface area (Å²) in [6, 6.07) is 2.14. The van der Waals surface area contributed by atoms with Crippen molar-refractivity contribution in [1.82, 2.24) is 4.90 Å². The van der Waals surface area contributed by atoms with E-state index in [-0.39, 0.29) is 30.2 Å². The molecule has 2 unspecified atom stereocenters. The maximum Gasteiger partial charge on any atom is 0.233 e. The van der Waals surface area contributed by atoms with Gasteiger partial charge in [0.1, 0.15) is 0 Å². The van der Waals surface area contributed by atoms with Gasteiger partial charge in [0.25, 0.3) is 0 Å². The summed E-state index contributed by atoms with van der Waals surface area (Å²) in [5.41, 5.74) is -0.654. The van der Waals surface area contributed by atoms with E-state index < -0.39 is 5.41 Å². The predicted octanol–water partition coefficient (Wildman–Crippen LogP) is 1.71. The van der Waals surface area contributed by atoms with Crippen molar-refractivity contribution < 1.29 is 9.59 Å². The van der Waals surface area contributed by atoms with Crippen molar-refractivity contribution in [2.45, 2.75) is 39.5 Å². The van der Waals surface area contributed by atoms with Crippen LogP contribution in [0.15, 0.2) is 0 Å². The van der Waals surface area contributed by atoms with Crippen LogP contribution in [0.25, 0.3) is 0 Å². The van der Waals surface area contributed by atoms with Gasteiger partial charge in [-0.15, -0.1) is 0 Å². The van der Waals surface area contributed by atoms with Gasteiger partial charge in [0.2, 0.25) is 11.8 Å². The SMILES string of the molecule is CC(C)(C#N)CN1C(=O)C2CCCCC2C1=O. The Morgan fingerprint density at radius 2 is 1.71 bits per heavy atom. The zero-order chi connectivity index (χ0) is 12.6. The molecule has 1 saturated carbocycles. The fourth-order valence-corrected chi connectivity index (χ4v) is 2.82. The van der Waals surface area contributed by atoms with Gasteiger partial charge < -0.3 is 0 Å². The normalized spacial score (nSPS) is 29.1. The lowest BCUT2D eigenvalue weighted by atomic mass is 9.81. The van der Waals surface area contributed by atoms with E-state index in [9.17, 15) is 9.59 Å². The number of rotatable bonds is 2. The van der Waals surface area contributed by atoms with E-state index in [1.54, 1.807) is 13.8 Å². The van der Waals surface area contributed by atoms with Gasteiger partial charge >= 0.3 is 0 Å². The molecule has 0 aromatic heterocycles. The van der Waals surface area contributed by atoms with E-state index in [0.717, 1.165) is 25.7 Å². The number of fused-ring (bicyclic) bond motifs is 1. The zero-order valence-electron chi connectivity index (χ0n) is 10.4. The number of carbonyl (C=O) groups excluding carboxylic acids is 2. The van der Waals surface area contributed by atoms with E-state index >= 15 is 0 Å². The minimum atomic E-state index is -0.654. The van der Waals surface area contributed by atoms with Gasteiger partial charge in [0.15, 0.2) is 0 Å². The number of hydrogen-bond donors (Lipinski definition) is 0. The molecule has 1 heterocycles. The largest absolute Gasteiger partial charge is 0.281 e. The average molecular weight is 234 g/mol. The molecule has 1 aliphatic heterocycles. The third kappa shape index (κ3) is 2.06. The molecule has 0 aromatic carbocycles.